The zero-order valence-electron chi connectivity index (χ0n) is 12.5. The molecule has 1 N–H and O–H groups in total. The van der Waals surface area contributed by atoms with E-state index >= 15 is 0 Å². The molecule has 2 saturated carbocycles. The highest BCUT2D eigenvalue weighted by Gasteiger charge is 2.40. The number of carbonyl (C=O) groups is 2. The summed E-state index contributed by atoms with van der Waals surface area (Å²) < 4.78 is 1.88. The molecule has 0 radical (unpaired) electrons. The number of nitrogens with zero attached hydrogens (tertiary/aromatic N) is 1. The van der Waals surface area contributed by atoms with Crippen LogP contribution in [0.25, 0.3) is 10.9 Å². The molecule has 0 saturated heterocycles. The number of rotatable bonds is 4. The van der Waals surface area contributed by atoms with Gasteiger partial charge in [-0.2, -0.15) is 0 Å². The Morgan fingerprint density at radius 2 is 2.14 bits per heavy atom. The number of aromatic nitrogens is 1. The molecule has 2 aliphatic rings. The lowest BCUT2D eigenvalue weighted by atomic mass is 9.95. The molecule has 4 rings (SSSR count). The number of hydrogen-bond acceptors (Lipinski definition) is 2. The molecule has 114 valence electrons. The molecule has 4 heteroatoms. The molecule has 2 bridgehead atoms. The molecule has 2 aliphatic carbocycles. The van der Waals surface area contributed by atoms with E-state index in [0.717, 1.165) is 29.5 Å². The van der Waals surface area contributed by atoms with Crippen molar-refractivity contribution in [1.82, 2.24) is 9.88 Å². The Labute approximate surface area is 129 Å². The first-order chi connectivity index (χ1) is 10.7. The summed E-state index contributed by atoms with van der Waals surface area (Å²) in [5.41, 5.74) is 1.58. The molecule has 1 amide bonds. The van der Waals surface area contributed by atoms with E-state index in [-0.39, 0.29) is 12.5 Å². The van der Waals surface area contributed by atoms with Crippen molar-refractivity contribution in [3.05, 3.63) is 36.0 Å². The lowest BCUT2D eigenvalue weighted by Gasteiger charge is -2.23. The van der Waals surface area contributed by atoms with Crippen molar-refractivity contribution in [1.29, 1.82) is 0 Å². The quantitative estimate of drug-likeness (QED) is 0.882. The summed E-state index contributed by atoms with van der Waals surface area (Å²) in [7, 11) is 0. The van der Waals surface area contributed by atoms with Gasteiger partial charge in [0, 0.05) is 28.7 Å². The Kier molecular flexibility index (Phi) is 3.25. The van der Waals surface area contributed by atoms with Crippen LogP contribution in [0.2, 0.25) is 0 Å². The van der Waals surface area contributed by atoms with Crippen LogP contribution in [0.3, 0.4) is 0 Å². The van der Waals surface area contributed by atoms with Gasteiger partial charge in [0.05, 0.1) is 0 Å². The number of amides is 1. The van der Waals surface area contributed by atoms with E-state index in [9.17, 15) is 9.59 Å². The summed E-state index contributed by atoms with van der Waals surface area (Å²) in [5.74, 6) is 1.56. The predicted octanol–water partition coefficient (Wildman–Crippen LogP) is 2.76. The highest BCUT2D eigenvalue weighted by Crippen LogP contribution is 2.44. The molecule has 0 unspecified atom stereocenters. The minimum absolute atomic E-state index is 0.0516. The zero-order chi connectivity index (χ0) is 15.1. The highest BCUT2D eigenvalue weighted by atomic mass is 16.2. The standard InChI is InChI=1S/C18H20N2O2/c21-11-14-9-20(17-4-2-1-3-15(14)17)10-18(22)19-16-8-12-5-6-13(16)7-12/h1-4,9,11-13,16H,5-8,10H2,(H,19,22)/t12-,13-,16-/m0/s1. The van der Waals surface area contributed by atoms with Crippen molar-refractivity contribution < 1.29 is 9.59 Å². The van der Waals surface area contributed by atoms with Crippen LogP contribution >= 0.6 is 0 Å². The van der Waals surface area contributed by atoms with Gasteiger partial charge in [0.15, 0.2) is 6.29 Å². The molecule has 2 fully saturated rings. The van der Waals surface area contributed by atoms with Gasteiger partial charge in [-0.05, 0) is 37.2 Å². The first-order valence-corrected chi connectivity index (χ1v) is 8.07. The maximum absolute atomic E-state index is 12.4. The minimum Gasteiger partial charge on any atom is -0.352 e. The molecule has 2 aromatic rings. The van der Waals surface area contributed by atoms with Crippen molar-refractivity contribution in [2.75, 3.05) is 0 Å². The predicted molar refractivity (Wildman–Crippen MR) is 84.7 cm³/mol. The fourth-order valence-electron chi connectivity index (χ4n) is 4.33. The maximum atomic E-state index is 12.4. The molecule has 1 heterocycles. The van der Waals surface area contributed by atoms with Gasteiger partial charge in [0.1, 0.15) is 6.54 Å². The van der Waals surface area contributed by atoms with E-state index < -0.39 is 0 Å². The second-order valence-electron chi connectivity index (χ2n) is 6.70. The molecule has 0 spiro atoms. The van der Waals surface area contributed by atoms with Crippen LogP contribution in [0.5, 0.6) is 0 Å². The summed E-state index contributed by atoms with van der Waals surface area (Å²) >= 11 is 0. The van der Waals surface area contributed by atoms with E-state index in [2.05, 4.69) is 5.32 Å². The van der Waals surface area contributed by atoms with Crippen LogP contribution in [0, 0.1) is 11.8 Å². The lowest BCUT2D eigenvalue weighted by molar-refractivity contribution is -0.122. The first kappa shape index (κ1) is 13.6. The van der Waals surface area contributed by atoms with E-state index in [1.54, 1.807) is 6.20 Å². The van der Waals surface area contributed by atoms with Gasteiger partial charge < -0.3 is 9.88 Å². The molecule has 3 atom stereocenters. The minimum atomic E-state index is 0.0516. The Hall–Kier alpha value is -2.10. The SMILES string of the molecule is O=Cc1cn(CC(=O)N[C@H]2C[C@H]3CC[C@H]2C3)c2ccccc12. The largest absolute Gasteiger partial charge is 0.352 e. The van der Waals surface area contributed by atoms with E-state index in [1.165, 1.54) is 19.3 Å². The number of para-hydroxylation sites is 1. The summed E-state index contributed by atoms with van der Waals surface area (Å²) in [6.45, 7) is 0.280. The molecule has 0 aliphatic heterocycles. The zero-order valence-corrected chi connectivity index (χ0v) is 12.5. The number of fused-ring (bicyclic) bond motifs is 3. The smallest absolute Gasteiger partial charge is 0.240 e. The second kappa shape index (κ2) is 5.27. The monoisotopic (exact) mass is 296 g/mol. The Bertz CT molecular complexity index is 734. The van der Waals surface area contributed by atoms with Gasteiger partial charge in [0.25, 0.3) is 0 Å². The van der Waals surface area contributed by atoms with Crippen molar-refractivity contribution >= 4 is 23.1 Å². The van der Waals surface area contributed by atoms with Crippen LogP contribution < -0.4 is 5.32 Å². The van der Waals surface area contributed by atoms with Crippen LogP contribution in [0.15, 0.2) is 30.5 Å². The normalized spacial score (nSPS) is 26.5. The molecule has 4 nitrogen and oxygen atoms in total. The van der Waals surface area contributed by atoms with E-state index in [1.807, 2.05) is 28.8 Å². The topological polar surface area (TPSA) is 51.1 Å². The fourth-order valence-corrected chi connectivity index (χ4v) is 4.33. The van der Waals surface area contributed by atoms with Gasteiger partial charge in [-0.1, -0.05) is 24.6 Å². The number of benzene rings is 1. The van der Waals surface area contributed by atoms with E-state index in [4.69, 9.17) is 0 Å². The Balaban J connectivity index is 1.51. The molecule has 1 aromatic carbocycles. The number of nitrogens with one attached hydrogen (secondary N) is 1. The average molecular weight is 296 g/mol. The number of carbonyl (C=O) groups excluding carboxylic acids is 2. The third-order valence-corrected chi connectivity index (χ3v) is 5.34. The second-order valence-corrected chi connectivity index (χ2v) is 6.70. The maximum Gasteiger partial charge on any atom is 0.240 e. The number of aldehydes is 1. The summed E-state index contributed by atoms with van der Waals surface area (Å²) in [6, 6.07) is 8.07. The first-order valence-electron chi connectivity index (χ1n) is 8.07. The van der Waals surface area contributed by atoms with Gasteiger partial charge in [-0.25, -0.2) is 0 Å². The van der Waals surface area contributed by atoms with Gasteiger partial charge >= 0.3 is 0 Å². The third-order valence-electron chi connectivity index (χ3n) is 5.34. The summed E-state index contributed by atoms with van der Waals surface area (Å²) in [4.78, 5) is 23.5. The van der Waals surface area contributed by atoms with Crippen LogP contribution in [0.1, 0.15) is 36.0 Å². The lowest BCUT2D eigenvalue weighted by Crippen LogP contribution is -2.40. The van der Waals surface area contributed by atoms with Crippen LogP contribution in [-0.4, -0.2) is 22.8 Å². The molecule has 1 aromatic heterocycles. The van der Waals surface area contributed by atoms with Gasteiger partial charge in [0.2, 0.25) is 5.91 Å². The Morgan fingerprint density at radius 1 is 1.27 bits per heavy atom. The third kappa shape index (κ3) is 2.23. The Morgan fingerprint density at radius 3 is 2.86 bits per heavy atom. The fraction of sp³-hybridized carbons (Fsp3) is 0.444. The molecular formula is C18H20N2O2. The van der Waals surface area contributed by atoms with Gasteiger partial charge in [-0.3, -0.25) is 9.59 Å². The van der Waals surface area contributed by atoms with Crippen molar-refractivity contribution in [3.8, 4) is 0 Å². The van der Waals surface area contributed by atoms with E-state index in [0.29, 0.717) is 17.5 Å². The van der Waals surface area contributed by atoms with Crippen LogP contribution in [-0.2, 0) is 11.3 Å². The van der Waals surface area contributed by atoms with Crippen molar-refractivity contribution in [2.24, 2.45) is 11.8 Å². The average Bonchev–Trinajstić information content (AvgIpc) is 3.22. The van der Waals surface area contributed by atoms with Gasteiger partial charge in [-0.15, -0.1) is 0 Å². The number of hydrogen-bond donors (Lipinski definition) is 1. The van der Waals surface area contributed by atoms with Crippen molar-refractivity contribution in [3.63, 3.8) is 0 Å². The highest BCUT2D eigenvalue weighted by molar-refractivity contribution is 5.98. The van der Waals surface area contributed by atoms with Crippen LogP contribution in [0.4, 0.5) is 0 Å². The summed E-state index contributed by atoms with van der Waals surface area (Å²) in [5, 5.41) is 4.11. The summed E-state index contributed by atoms with van der Waals surface area (Å²) in [6.07, 6.45) is 7.65. The molecular weight excluding hydrogens is 276 g/mol. The molecule has 22 heavy (non-hydrogen) atoms. The van der Waals surface area contributed by atoms with Crippen molar-refractivity contribution in [2.45, 2.75) is 38.3 Å².